The van der Waals surface area contributed by atoms with Crippen molar-refractivity contribution in [1.29, 1.82) is 0 Å². The topological polar surface area (TPSA) is 92.7 Å². The molecule has 0 aromatic carbocycles. The van der Waals surface area contributed by atoms with Crippen LogP contribution in [0.5, 0.6) is 0 Å². The third-order valence-electron chi connectivity index (χ3n) is 3.02. The Hall–Kier alpha value is -0.660. The molecule has 0 aromatic heterocycles. The van der Waals surface area contributed by atoms with Gasteiger partial charge >= 0.3 is 5.97 Å². The summed E-state index contributed by atoms with van der Waals surface area (Å²) in [6.07, 6.45) is 3.08. The maximum atomic E-state index is 11.9. The second kappa shape index (κ2) is 6.32. The van der Waals surface area contributed by atoms with Crippen molar-refractivity contribution in [2.75, 3.05) is 13.7 Å². The number of carbonyl (C=O) groups is 1. The van der Waals surface area contributed by atoms with Gasteiger partial charge in [0.15, 0.2) is 6.10 Å². The van der Waals surface area contributed by atoms with Crippen molar-refractivity contribution in [2.24, 2.45) is 0 Å². The van der Waals surface area contributed by atoms with E-state index in [0.29, 0.717) is 12.8 Å². The standard InChI is InChI=1S/C10H19NO5S/c1-16-9(10(12)13)7-11-17(14,15)8-5-3-2-4-6-8/h8-9,11H,2-7H2,1H3,(H,12,13). The first-order chi connectivity index (χ1) is 7.97. The van der Waals surface area contributed by atoms with Crippen LogP contribution in [0.2, 0.25) is 0 Å². The van der Waals surface area contributed by atoms with Gasteiger partial charge in [0.05, 0.1) is 5.25 Å². The smallest absolute Gasteiger partial charge is 0.334 e. The quantitative estimate of drug-likeness (QED) is 0.722. The molecule has 1 rings (SSSR count). The highest BCUT2D eigenvalue weighted by Gasteiger charge is 2.28. The average Bonchev–Trinajstić information content (AvgIpc) is 2.30. The van der Waals surface area contributed by atoms with Crippen LogP contribution in [0, 0.1) is 0 Å². The lowest BCUT2D eigenvalue weighted by Gasteiger charge is -2.22. The highest BCUT2D eigenvalue weighted by molar-refractivity contribution is 7.90. The number of hydrogen-bond acceptors (Lipinski definition) is 4. The van der Waals surface area contributed by atoms with Crippen molar-refractivity contribution < 1.29 is 23.1 Å². The second-order valence-electron chi connectivity index (χ2n) is 4.22. The van der Waals surface area contributed by atoms with Gasteiger partial charge in [-0.25, -0.2) is 17.9 Å². The normalized spacial score (nSPS) is 20.1. The summed E-state index contributed by atoms with van der Waals surface area (Å²) >= 11 is 0. The van der Waals surface area contributed by atoms with Crippen LogP contribution >= 0.6 is 0 Å². The van der Waals surface area contributed by atoms with E-state index in [1.54, 1.807) is 0 Å². The lowest BCUT2D eigenvalue weighted by Crippen LogP contribution is -2.42. The minimum Gasteiger partial charge on any atom is -0.479 e. The maximum Gasteiger partial charge on any atom is 0.334 e. The molecule has 0 radical (unpaired) electrons. The highest BCUT2D eigenvalue weighted by Crippen LogP contribution is 2.22. The number of ether oxygens (including phenoxy) is 1. The second-order valence-corrected chi connectivity index (χ2v) is 6.26. The molecular formula is C10H19NO5S. The zero-order valence-corrected chi connectivity index (χ0v) is 10.7. The number of sulfonamides is 1. The van der Waals surface area contributed by atoms with E-state index >= 15 is 0 Å². The average molecular weight is 265 g/mol. The molecule has 0 heterocycles. The van der Waals surface area contributed by atoms with Gasteiger partial charge < -0.3 is 9.84 Å². The van der Waals surface area contributed by atoms with E-state index in [-0.39, 0.29) is 11.8 Å². The number of methoxy groups -OCH3 is 1. The van der Waals surface area contributed by atoms with Crippen molar-refractivity contribution >= 4 is 16.0 Å². The predicted molar refractivity (Wildman–Crippen MR) is 62.2 cm³/mol. The van der Waals surface area contributed by atoms with Crippen LogP contribution < -0.4 is 4.72 Å². The molecule has 0 amide bonds. The summed E-state index contributed by atoms with van der Waals surface area (Å²) < 4.78 is 30.7. The van der Waals surface area contributed by atoms with Gasteiger partial charge in [-0.2, -0.15) is 0 Å². The molecule has 1 aliphatic rings. The summed E-state index contributed by atoms with van der Waals surface area (Å²) in [6, 6.07) is 0. The summed E-state index contributed by atoms with van der Waals surface area (Å²) in [7, 11) is -2.17. The first-order valence-corrected chi connectivity index (χ1v) is 7.26. The first-order valence-electron chi connectivity index (χ1n) is 5.71. The van der Waals surface area contributed by atoms with Crippen molar-refractivity contribution in [2.45, 2.75) is 43.5 Å². The molecule has 7 heteroatoms. The van der Waals surface area contributed by atoms with Crippen LogP contribution in [0.3, 0.4) is 0 Å². The van der Waals surface area contributed by atoms with Crippen LogP contribution in [0.25, 0.3) is 0 Å². The van der Waals surface area contributed by atoms with Gasteiger partial charge in [0.1, 0.15) is 0 Å². The van der Waals surface area contributed by atoms with E-state index in [1.165, 1.54) is 7.11 Å². The van der Waals surface area contributed by atoms with Gasteiger partial charge in [0, 0.05) is 13.7 Å². The number of carboxylic acid groups (broad SMARTS) is 1. The maximum absolute atomic E-state index is 11.9. The van der Waals surface area contributed by atoms with E-state index in [1.807, 2.05) is 0 Å². The Morgan fingerprint density at radius 1 is 1.41 bits per heavy atom. The van der Waals surface area contributed by atoms with Gasteiger partial charge in [-0.05, 0) is 12.8 Å². The number of aliphatic carboxylic acids is 1. The summed E-state index contributed by atoms with van der Waals surface area (Å²) in [5, 5.41) is 8.33. The number of nitrogens with one attached hydrogen (secondary N) is 1. The summed E-state index contributed by atoms with van der Waals surface area (Å²) in [5.74, 6) is -1.17. The van der Waals surface area contributed by atoms with Crippen molar-refractivity contribution in [3.63, 3.8) is 0 Å². The van der Waals surface area contributed by atoms with Crippen LogP contribution in [-0.4, -0.2) is 44.5 Å². The molecular weight excluding hydrogens is 246 g/mol. The van der Waals surface area contributed by atoms with Gasteiger partial charge in [-0.1, -0.05) is 19.3 Å². The number of hydrogen-bond donors (Lipinski definition) is 2. The van der Waals surface area contributed by atoms with Crippen molar-refractivity contribution in [1.82, 2.24) is 4.72 Å². The molecule has 0 spiro atoms. The largest absolute Gasteiger partial charge is 0.479 e. The Kier molecular flexibility index (Phi) is 5.35. The van der Waals surface area contributed by atoms with Crippen molar-refractivity contribution in [3.05, 3.63) is 0 Å². The fourth-order valence-electron chi connectivity index (χ4n) is 1.96. The fraction of sp³-hybridized carbons (Fsp3) is 0.900. The summed E-state index contributed by atoms with van der Waals surface area (Å²) in [5.41, 5.74) is 0. The van der Waals surface area contributed by atoms with Gasteiger partial charge in [0.25, 0.3) is 0 Å². The highest BCUT2D eigenvalue weighted by atomic mass is 32.2. The Morgan fingerprint density at radius 2 is 2.00 bits per heavy atom. The summed E-state index contributed by atoms with van der Waals surface area (Å²) in [6.45, 7) is -0.218. The van der Waals surface area contributed by atoms with Crippen LogP contribution in [-0.2, 0) is 19.6 Å². The fourth-order valence-corrected chi connectivity index (χ4v) is 3.53. The summed E-state index contributed by atoms with van der Waals surface area (Å²) in [4.78, 5) is 10.7. The van der Waals surface area contributed by atoms with Gasteiger partial charge in [0.2, 0.25) is 10.0 Å². The van der Waals surface area contributed by atoms with Gasteiger partial charge in [-0.15, -0.1) is 0 Å². The third kappa shape index (κ3) is 4.25. The zero-order chi connectivity index (χ0) is 12.9. The van der Waals surface area contributed by atoms with E-state index in [0.717, 1.165) is 19.3 Å². The minimum absolute atomic E-state index is 0.218. The van der Waals surface area contributed by atoms with Crippen LogP contribution in [0.4, 0.5) is 0 Å². The molecule has 0 bridgehead atoms. The third-order valence-corrected chi connectivity index (χ3v) is 4.94. The molecule has 1 saturated carbocycles. The SMILES string of the molecule is COC(CNS(=O)(=O)C1CCCCC1)C(=O)O. The molecule has 2 N–H and O–H groups in total. The van der Waals surface area contributed by atoms with E-state index in [4.69, 9.17) is 5.11 Å². The Morgan fingerprint density at radius 3 is 2.47 bits per heavy atom. The van der Waals surface area contributed by atoms with E-state index < -0.39 is 22.1 Å². The molecule has 100 valence electrons. The number of rotatable bonds is 6. The van der Waals surface area contributed by atoms with E-state index in [9.17, 15) is 13.2 Å². The Labute approximate surface area is 101 Å². The van der Waals surface area contributed by atoms with Crippen molar-refractivity contribution in [3.8, 4) is 0 Å². The lowest BCUT2D eigenvalue weighted by atomic mass is 10.0. The van der Waals surface area contributed by atoms with E-state index in [2.05, 4.69) is 9.46 Å². The molecule has 1 aliphatic carbocycles. The molecule has 17 heavy (non-hydrogen) atoms. The van der Waals surface area contributed by atoms with Gasteiger partial charge in [-0.3, -0.25) is 0 Å². The first kappa shape index (κ1) is 14.4. The molecule has 1 fully saturated rings. The predicted octanol–water partition coefficient (Wildman–Crippen LogP) is 0.338. The molecule has 6 nitrogen and oxygen atoms in total. The monoisotopic (exact) mass is 265 g/mol. The van der Waals surface area contributed by atoms with Crippen LogP contribution in [0.15, 0.2) is 0 Å². The molecule has 1 unspecified atom stereocenters. The molecule has 0 saturated heterocycles. The molecule has 0 aliphatic heterocycles. The molecule has 0 aromatic rings. The van der Waals surface area contributed by atoms with Crippen LogP contribution in [0.1, 0.15) is 32.1 Å². The minimum atomic E-state index is -3.42. The Balaban J connectivity index is 2.51. The lowest BCUT2D eigenvalue weighted by molar-refractivity contribution is -0.147. The zero-order valence-electron chi connectivity index (χ0n) is 9.89. The Bertz CT molecular complexity index is 348. The number of carboxylic acids is 1. The molecule has 1 atom stereocenters.